The lowest BCUT2D eigenvalue weighted by Crippen LogP contribution is -2.30. The summed E-state index contributed by atoms with van der Waals surface area (Å²) >= 11 is 1.30. The Kier molecular flexibility index (Phi) is 6.15. The van der Waals surface area contributed by atoms with Crippen LogP contribution in [0, 0.1) is 0 Å². The van der Waals surface area contributed by atoms with Gasteiger partial charge in [0.25, 0.3) is 0 Å². The van der Waals surface area contributed by atoms with Gasteiger partial charge in [-0.25, -0.2) is 9.78 Å². The number of rotatable bonds is 4. The molecule has 1 aromatic heterocycles. The van der Waals surface area contributed by atoms with Crippen LogP contribution in [0.3, 0.4) is 0 Å². The van der Waals surface area contributed by atoms with E-state index in [9.17, 15) is 18.0 Å². The smallest absolute Gasteiger partial charge is 0.416 e. The molecule has 3 aromatic rings. The lowest BCUT2D eigenvalue weighted by atomic mass is 10.1. The minimum Gasteiger partial charge on any atom is -0.465 e. The summed E-state index contributed by atoms with van der Waals surface area (Å²) in [6, 6.07) is 11.1. The van der Waals surface area contributed by atoms with Gasteiger partial charge in [-0.1, -0.05) is 23.5 Å². The van der Waals surface area contributed by atoms with Gasteiger partial charge in [-0.15, -0.1) is 0 Å². The fourth-order valence-corrected chi connectivity index (χ4v) is 4.77. The third-order valence-corrected chi connectivity index (χ3v) is 6.40. The number of benzene rings is 2. The number of hydrogen-bond acceptors (Lipinski definition) is 6. The predicted octanol–water partition coefficient (Wildman–Crippen LogP) is 4.81. The number of anilines is 1. The van der Waals surface area contributed by atoms with Crippen molar-refractivity contribution in [1.82, 2.24) is 9.88 Å². The van der Waals surface area contributed by atoms with Crippen molar-refractivity contribution in [3.63, 3.8) is 0 Å². The van der Waals surface area contributed by atoms with Gasteiger partial charge in [0.1, 0.15) is 0 Å². The van der Waals surface area contributed by atoms with Crippen molar-refractivity contribution < 1.29 is 22.7 Å². The standard InChI is InChI=1S/C22H22F3N3O2S/c1-30-20(29)16-5-2-4-15(12-16)14-27-8-3-9-28(11-10-27)21-26-18-7-6-17(22(23,24)25)13-19(18)31-21/h2,4-7,12-13H,3,8-11,14H2,1H3. The van der Waals surface area contributed by atoms with Crippen LogP contribution in [0.25, 0.3) is 10.2 Å². The third kappa shape index (κ3) is 4.99. The summed E-state index contributed by atoms with van der Waals surface area (Å²) in [6.07, 6.45) is -3.44. The van der Waals surface area contributed by atoms with Crippen molar-refractivity contribution in [1.29, 1.82) is 0 Å². The lowest BCUT2D eigenvalue weighted by molar-refractivity contribution is -0.137. The Hall–Kier alpha value is -2.65. The highest BCUT2D eigenvalue weighted by atomic mass is 32.1. The minimum absolute atomic E-state index is 0.353. The number of thiazole rings is 1. The van der Waals surface area contributed by atoms with Crippen LogP contribution >= 0.6 is 11.3 Å². The molecule has 31 heavy (non-hydrogen) atoms. The second kappa shape index (κ2) is 8.84. The molecule has 0 spiro atoms. The number of alkyl halides is 3. The molecule has 5 nitrogen and oxygen atoms in total. The van der Waals surface area contributed by atoms with E-state index in [0.29, 0.717) is 22.3 Å². The molecule has 0 bridgehead atoms. The van der Waals surface area contributed by atoms with Gasteiger partial charge < -0.3 is 9.64 Å². The molecule has 2 aromatic carbocycles. The topological polar surface area (TPSA) is 45.7 Å². The molecule has 4 rings (SSSR count). The summed E-state index contributed by atoms with van der Waals surface area (Å²) in [6.45, 7) is 3.94. The SMILES string of the molecule is COC(=O)c1cccc(CN2CCCN(c3nc4ccc(C(F)(F)F)cc4s3)CC2)c1. The van der Waals surface area contributed by atoms with Gasteiger partial charge in [-0.3, -0.25) is 4.90 Å². The monoisotopic (exact) mass is 449 g/mol. The zero-order valence-corrected chi connectivity index (χ0v) is 17.8. The Balaban J connectivity index is 1.44. The second-order valence-electron chi connectivity index (χ2n) is 7.49. The van der Waals surface area contributed by atoms with Crippen molar-refractivity contribution in [2.75, 3.05) is 38.2 Å². The van der Waals surface area contributed by atoms with E-state index < -0.39 is 11.7 Å². The van der Waals surface area contributed by atoms with E-state index >= 15 is 0 Å². The number of halogens is 3. The van der Waals surface area contributed by atoms with Gasteiger partial charge in [0, 0.05) is 32.7 Å². The average Bonchev–Trinajstić information content (AvgIpc) is 3.04. The molecule has 164 valence electrons. The number of fused-ring (bicyclic) bond motifs is 1. The number of ether oxygens (including phenoxy) is 1. The molecule has 0 atom stereocenters. The Morgan fingerprint density at radius 1 is 1.13 bits per heavy atom. The number of methoxy groups -OCH3 is 1. The average molecular weight is 449 g/mol. The quantitative estimate of drug-likeness (QED) is 0.535. The van der Waals surface area contributed by atoms with E-state index in [2.05, 4.69) is 14.8 Å². The van der Waals surface area contributed by atoms with Crippen LogP contribution in [0.4, 0.5) is 18.3 Å². The molecular weight excluding hydrogens is 427 g/mol. The zero-order chi connectivity index (χ0) is 22.0. The summed E-state index contributed by atoms with van der Waals surface area (Å²) in [4.78, 5) is 20.8. The number of carbonyl (C=O) groups is 1. The molecule has 1 saturated heterocycles. The molecule has 1 aliphatic heterocycles. The Morgan fingerprint density at radius 3 is 2.74 bits per heavy atom. The van der Waals surface area contributed by atoms with Gasteiger partial charge in [0.15, 0.2) is 5.13 Å². The first-order chi connectivity index (χ1) is 14.8. The fourth-order valence-electron chi connectivity index (χ4n) is 3.72. The number of hydrogen-bond donors (Lipinski definition) is 0. The normalized spacial score (nSPS) is 15.8. The zero-order valence-electron chi connectivity index (χ0n) is 17.0. The summed E-state index contributed by atoms with van der Waals surface area (Å²) in [5.41, 5.74) is 1.51. The first kappa shape index (κ1) is 21.6. The van der Waals surface area contributed by atoms with Crippen molar-refractivity contribution in [3.8, 4) is 0 Å². The molecule has 2 heterocycles. The van der Waals surface area contributed by atoms with E-state index in [1.807, 2.05) is 18.2 Å². The van der Waals surface area contributed by atoms with Crippen LogP contribution in [-0.4, -0.2) is 49.1 Å². The van der Waals surface area contributed by atoms with Gasteiger partial charge in [-0.2, -0.15) is 13.2 Å². The van der Waals surface area contributed by atoms with Crippen LogP contribution in [0.5, 0.6) is 0 Å². The summed E-state index contributed by atoms with van der Waals surface area (Å²) in [7, 11) is 1.37. The van der Waals surface area contributed by atoms with Crippen LogP contribution in [0.1, 0.15) is 27.9 Å². The highest BCUT2D eigenvalue weighted by Crippen LogP contribution is 2.35. The van der Waals surface area contributed by atoms with Crippen LogP contribution in [0.15, 0.2) is 42.5 Å². The molecule has 0 radical (unpaired) electrons. The van der Waals surface area contributed by atoms with Crippen molar-refractivity contribution >= 4 is 32.7 Å². The first-order valence-corrected chi connectivity index (χ1v) is 10.8. The van der Waals surface area contributed by atoms with Crippen LogP contribution in [-0.2, 0) is 17.5 Å². The summed E-state index contributed by atoms with van der Waals surface area (Å²) < 4.78 is 44.3. The van der Waals surface area contributed by atoms with E-state index in [1.54, 1.807) is 6.07 Å². The molecule has 0 saturated carbocycles. The molecule has 0 amide bonds. The highest BCUT2D eigenvalue weighted by molar-refractivity contribution is 7.22. The highest BCUT2D eigenvalue weighted by Gasteiger charge is 2.31. The Morgan fingerprint density at radius 2 is 1.97 bits per heavy atom. The number of carbonyl (C=O) groups excluding carboxylic acids is 1. The van der Waals surface area contributed by atoms with Crippen LogP contribution in [0.2, 0.25) is 0 Å². The molecule has 0 unspecified atom stereocenters. The molecule has 1 aliphatic rings. The summed E-state index contributed by atoms with van der Waals surface area (Å²) in [5.74, 6) is -0.353. The maximum absolute atomic E-state index is 13.0. The number of aromatic nitrogens is 1. The van der Waals surface area contributed by atoms with Crippen molar-refractivity contribution in [2.45, 2.75) is 19.1 Å². The molecule has 0 N–H and O–H groups in total. The van der Waals surface area contributed by atoms with Gasteiger partial charge in [0.05, 0.1) is 28.5 Å². The van der Waals surface area contributed by atoms with E-state index in [0.717, 1.165) is 49.4 Å². The largest absolute Gasteiger partial charge is 0.465 e. The summed E-state index contributed by atoms with van der Waals surface area (Å²) in [5, 5.41) is 0.754. The Bertz CT molecular complexity index is 1080. The number of nitrogens with zero attached hydrogens (tertiary/aromatic N) is 3. The van der Waals surface area contributed by atoms with E-state index in [4.69, 9.17) is 4.74 Å². The van der Waals surface area contributed by atoms with Gasteiger partial charge in [-0.05, 0) is 42.3 Å². The van der Waals surface area contributed by atoms with Gasteiger partial charge >= 0.3 is 12.1 Å². The number of esters is 1. The fraction of sp³-hybridized carbons (Fsp3) is 0.364. The molecule has 9 heteroatoms. The third-order valence-electron chi connectivity index (χ3n) is 5.32. The minimum atomic E-state index is -4.35. The van der Waals surface area contributed by atoms with Crippen LogP contribution < -0.4 is 4.90 Å². The maximum Gasteiger partial charge on any atom is 0.416 e. The van der Waals surface area contributed by atoms with Crippen molar-refractivity contribution in [2.24, 2.45) is 0 Å². The molecule has 1 fully saturated rings. The maximum atomic E-state index is 13.0. The van der Waals surface area contributed by atoms with Crippen molar-refractivity contribution in [3.05, 3.63) is 59.2 Å². The Labute approximate surface area is 182 Å². The van der Waals surface area contributed by atoms with Gasteiger partial charge in [0.2, 0.25) is 0 Å². The van der Waals surface area contributed by atoms with E-state index in [1.165, 1.54) is 30.6 Å². The lowest BCUT2D eigenvalue weighted by Gasteiger charge is -2.21. The van der Waals surface area contributed by atoms with E-state index in [-0.39, 0.29) is 5.97 Å². The second-order valence-corrected chi connectivity index (χ2v) is 8.49. The first-order valence-electron chi connectivity index (χ1n) is 9.96. The molecule has 0 aliphatic carbocycles. The predicted molar refractivity (Wildman–Crippen MR) is 115 cm³/mol. The molecular formula is C22H22F3N3O2S.